The van der Waals surface area contributed by atoms with E-state index >= 15 is 0 Å². The number of methoxy groups -OCH3 is 1. The summed E-state index contributed by atoms with van der Waals surface area (Å²) >= 11 is 1.46. The van der Waals surface area contributed by atoms with Crippen LogP contribution in [0.2, 0.25) is 0 Å². The summed E-state index contributed by atoms with van der Waals surface area (Å²) in [7, 11) is 1.65. The molecule has 1 aromatic carbocycles. The predicted molar refractivity (Wildman–Crippen MR) is 118 cm³/mol. The van der Waals surface area contributed by atoms with Gasteiger partial charge >= 0.3 is 0 Å². The lowest BCUT2D eigenvalue weighted by Gasteiger charge is -2.30. The Hall–Kier alpha value is -2.60. The number of carbonyl (C=O) groups is 1. The number of hydrogen-bond acceptors (Lipinski definition) is 5. The van der Waals surface area contributed by atoms with Crippen LogP contribution in [0.15, 0.2) is 58.6 Å². The van der Waals surface area contributed by atoms with E-state index in [1.54, 1.807) is 13.3 Å². The molecule has 5 nitrogen and oxygen atoms in total. The lowest BCUT2D eigenvalue weighted by molar-refractivity contribution is -0.124. The molecule has 0 radical (unpaired) electrons. The highest BCUT2D eigenvalue weighted by atomic mass is 32.2. The van der Waals surface area contributed by atoms with Gasteiger partial charge in [-0.05, 0) is 66.9 Å². The van der Waals surface area contributed by atoms with Crippen LogP contribution in [0.1, 0.15) is 44.6 Å². The fourth-order valence-electron chi connectivity index (χ4n) is 3.86. The van der Waals surface area contributed by atoms with Crippen molar-refractivity contribution in [1.29, 1.82) is 0 Å². The number of aliphatic imine (C=N–C) groups is 1. The van der Waals surface area contributed by atoms with E-state index in [9.17, 15) is 4.79 Å². The molecule has 0 N–H and O–H groups in total. The third-order valence-corrected chi connectivity index (χ3v) is 6.61. The molecule has 0 unspecified atom stereocenters. The summed E-state index contributed by atoms with van der Waals surface area (Å²) in [5.41, 5.74) is 1.94. The standard InChI is InChI=1S/C23H25N3O2S/c1-16(17-9-8-12-19(15-17)28-2)21-22(27)26(18-10-4-3-5-11-18)23(29-21)25-20-13-6-7-14-24-20/h6-9,12-15,18H,3-5,10-11H2,1-2H3/b21-16-,25-23+. The van der Waals surface area contributed by atoms with Gasteiger partial charge in [-0.3, -0.25) is 9.69 Å². The van der Waals surface area contributed by atoms with Crippen molar-refractivity contribution in [2.24, 2.45) is 4.99 Å². The van der Waals surface area contributed by atoms with Gasteiger partial charge in [0.1, 0.15) is 5.75 Å². The lowest BCUT2D eigenvalue weighted by atomic mass is 9.94. The number of thioether (sulfide) groups is 1. The van der Waals surface area contributed by atoms with Crippen molar-refractivity contribution in [3.8, 4) is 5.75 Å². The van der Waals surface area contributed by atoms with Crippen LogP contribution in [0.3, 0.4) is 0 Å². The molecule has 0 spiro atoms. The van der Waals surface area contributed by atoms with E-state index in [0.717, 1.165) is 52.6 Å². The number of hydrogen-bond donors (Lipinski definition) is 0. The lowest BCUT2D eigenvalue weighted by Crippen LogP contribution is -2.40. The Bertz CT molecular complexity index is 950. The smallest absolute Gasteiger partial charge is 0.267 e. The molecule has 0 bridgehead atoms. The number of pyridine rings is 1. The Balaban J connectivity index is 1.74. The highest BCUT2D eigenvalue weighted by Crippen LogP contribution is 2.41. The first kappa shape index (κ1) is 19.7. The number of carbonyl (C=O) groups excluding carboxylic acids is 1. The van der Waals surface area contributed by atoms with Gasteiger partial charge < -0.3 is 4.74 Å². The summed E-state index contributed by atoms with van der Waals surface area (Å²) < 4.78 is 5.35. The van der Waals surface area contributed by atoms with Gasteiger partial charge in [0, 0.05) is 12.2 Å². The van der Waals surface area contributed by atoms with E-state index in [1.807, 2.05) is 54.3 Å². The number of rotatable bonds is 4. The summed E-state index contributed by atoms with van der Waals surface area (Å²) in [6.45, 7) is 2.00. The summed E-state index contributed by atoms with van der Waals surface area (Å²) in [6.07, 6.45) is 7.33. The van der Waals surface area contributed by atoms with Gasteiger partial charge in [0.15, 0.2) is 11.0 Å². The molecule has 4 rings (SSSR count). The van der Waals surface area contributed by atoms with Crippen molar-refractivity contribution < 1.29 is 9.53 Å². The molecule has 6 heteroatoms. The van der Waals surface area contributed by atoms with Gasteiger partial charge in [0.25, 0.3) is 5.91 Å². The number of allylic oxidation sites excluding steroid dienone is 1. The molecule has 0 atom stereocenters. The average molecular weight is 408 g/mol. The number of ether oxygens (including phenoxy) is 1. The first-order valence-corrected chi connectivity index (χ1v) is 10.9. The highest BCUT2D eigenvalue weighted by Gasteiger charge is 2.39. The minimum atomic E-state index is 0.0527. The second-order valence-electron chi connectivity index (χ2n) is 7.34. The Kier molecular flexibility index (Phi) is 6.00. The van der Waals surface area contributed by atoms with Crippen molar-refractivity contribution in [3.63, 3.8) is 0 Å². The highest BCUT2D eigenvalue weighted by molar-refractivity contribution is 8.18. The molecular formula is C23H25N3O2S. The molecule has 1 saturated carbocycles. The second kappa shape index (κ2) is 8.82. The van der Waals surface area contributed by atoms with Crippen molar-refractivity contribution in [1.82, 2.24) is 9.88 Å². The minimum Gasteiger partial charge on any atom is -0.497 e. The van der Waals surface area contributed by atoms with E-state index in [1.165, 1.54) is 18.2 Å². The Morgan fingerprint density at radius 1 is 1.17 bits per heavy atom. The molecule has 2 heterocycles. The maximum Gasteiger partial charge on any atom is 0.267 e. The molecule has 2 aliphatic rings. The third-order valence-electron chi connectivity index (χ3n) is 5.46. The maximum atomic E-state index is 13.5. The molecule has 1 aliphatic carbocycles. The van der Waals surface area contributed by atoms with Crippen LogP contribution >= 0.6 is 11.8 Å². The van der Waals surface area contributed by atoms with E-state index in [-0.39, 0.29) is 11.9 Å². The predicted octanol–water partition coefficient (Wildman–Crippen LogP) is 5.42. The summed E-state index contributed by atoms with van der Waals surface area (Å²) in [4.78, 5) is 25.2. The number of amides is 1. The fraction of sp³-hybridized carbons (Fsp3) is 0.348. The average Bonchev–Trinajstić information content (AvgIpc) is 3.10. The van der Waals surface area contributed by atoms with Crippen molar-refractivity contribution in [3.05, 3.63) is 59.1 Å². The summed E-state index contributed by atoms with van der Waals surface area (Å²) in [6, 6.07) is 13.7. The maximum absolute atomic E-state index is 13.5. The van der Waals surface area contributed by atoms with Crippen LogP contribution in [-0.2, 0) is 4.79 Å². The Morgan fingerprint density at radius 3 is 2.72 bits per heavy atom. The molecule has 29 heavy (non-hydrogen) atoms. The zero-order valence-electron chi connectivity index (χ0n) is 16.8. The molecule has 2 aromatic rings. The van der Waals surface area contributed by atoms with Gasteiger partial charge in [-0.1, -0.05) is 37.5 Å². The van der Waals surface area contributed by atoms with Crippen LogP contribution in [0, 0.1) is 0 Å². The monoisotopic (exact) mass is 407 g/mol. The molecule has 1 saturated heterocycles. The first-order valence-electron chi connectivity index (χ1n) is 10.0. The van der Waals surface area contributed by atoms with Crippen molar-refractivity contribution >= 4 is 34.2 Å². The van der Waals surface area contributed by atoms with Crippen LogP contribution in [0.5, 0.6) is 5.75 Å². The van der Waals surface area contributed by atoms with Gasteiger partial charge in [0.2, 0.25) is 0 Å². The second-order valence-corrected chi connectivity index (χ2v) is 8.31. The van der Waals surface area contributed by atoms with Gasteiger partial charge in [0.05, 0.1) is 12.0 Å². The van der Waals surface area contributed by atoms with Gasteiger partial charge in [-0.25, -0.2) is 9.98 Å². The van der Waals surface area contributed by atoms with Crippen molar-refractivity contribution in [2.45, 2.75) is 45.1 Å². The quantitative estimate of drug-likeness (QED) is 0.635. The largest absolute Gasteiger partial charge is 0.497 e. The third kappa shape index (κ3) is 4.22. The number of benzene rings is 1. The summed E-state index contributed by atoms with van der Waals surface area (Å²) in [5, 5.41) is 0.734. The minimum absolute atomic E-state index is 0.0527. The normalized spacial score (nSPS) is 21.0. The van der Waals surface area contributed by atoms with E-state index in [4.69, 9.17) is 9.73 Å². The van der Waals surface area contributed by atoms with E-state index < -0.39 is 0 Å². The molecule has 150 valence electrons. The summed E-state index contributed by atoms with van der Waals surface area (Å²) in [5.74, 6) is 1.46. The Labute approximate surface area is 175 Å². The van der Waals surface area contributed by atoms with Crippen molar-refractivity contribution in [2.75, 3.05) is 7.11 Å². The fourth-order valence-corrected chi connectivity index (χ4v) is 4.97. The van der Waals surface area contributed by atoms with Crippen LogP contribution in [0.4, 0.5) is 5.82 Å². The van der Waals surface area contributed by atoms with E-state index in [2.05, 4.69) is 4.98 Å². The first-order chi connectivity index (χ1) is 14.2. The van der Waals surface area contributed by atoms with Crippen LogP contribution in [-0.4, -0.2) is 34.1 Å². The zero-order chi connectivity index (χ0) is 20.2. The number of nitrogens with zero attached hydrogens (tertiary/aromatic N) is 3. The zero-order valence-corrected chi connectivity index (χ0v) is 17.6. The Morgan fingerprint density at radius 2 is 2.00 bits per heavy atom. The topological polar surface area (TPSA) is 54.8 Å². The van der Waals surface area contributed by atoms with Gasteiger partial charge in [-0.2, -0.15) is 0 Å². The number of aromatic nitrogens is 1. The molecular weight excluding hydrogens is 382 g/mol. The van der Waals surface area contributed by atoms with Crippen LogP contribution in [0.25, 0.3) is 5.57 Å². The SMILES string of the molecule is COc1cccc(/C(C)=C2\S/C(=N/c3ccccn3)N(C3CCCCC3)C2=O)c1. The molecule has 2 fully saturated rings. The molecule has 1 aliphatic heterocycles. The van der Waals surface area contributed by atoms with Gasteiger partial charge in [-0.15, -0.1) is 0 Å². The molecule has 1 aromatic heterocycles. The van der Waals surface area contributed by atoms with E-state index in [0.29, 0.717) is 5.82 Å². The van der Waals surface area contributed by atoms with Crippen LogP contribution < -0.4 is 4.74 Å². The number of amidine groups is 1. The molecule has 1 amide bonds.